The predicted molar refractivity (Wildman–Crippen MR) is 70.5 cm³/mol. The van der Waals surface area contributed by atoms with E-state index in [4.69, 9.17) is 0 Å². The minimum absolute atomic E-state index is 0.1000. The molecule has 1 aromatic carbocycles. The summed E-state index contributed by atoms with van der Waals surface area (Å²) in [5.41, 5.74) is 0.736. The molecule has 1 aliphatic rings. The average molecular weight is 268 g/mol. The van der Waals surface area contributed by atoms with Crippen molar-refractivity contribution in [3.05, 3.63) is 42.5 Å². The molecule has 0 bridgehead atoms. The summed E-state index contributed by atoms with van der Waals surface area (Å²) >= 11 is 0. The zero-order chi connectivity index (χ0) is 13.7. The van der Waals surface area contributed by atoms with Crippen LogP contribution >= 0.6 is 0 Å². The molecule has 3 nitrogen and oxygen atoms in total. The Hall–Kier alpha value is -1.46. The van der Waals surface area contributed by atoms with Crippen LogP contribution in [0.5, 0.6) is 5.75 Å². The summed E-state index contributed by atoms with van der Waals surface area (Å²) in [4.78, 5) is 2.21. The molecule has 0 amide bonds. The Morgan fingerprint density at radius 2 is 1.95 bits per heavy atom. The molecular weight excluding hydrogens is 250 g/mol. The zero-order valence-electron chi connectivity index (χ0n) is 10.7. The van der Waals surface area contributed by atoms with E-state index in [1.165, 1.54) is 0 Å². The van der Waals surface area contributed by atoms with Gasteiger partial charge in [0, 0.05) is 31.7 Å². The Balaban J connectivity index is 2.23. The van der Waals surface area contributed by atoms with Gasteiger partial charge in [-0.2, -0.15) is 8.78 Å². The van der Waals surface area contributed by atoms with E-state index in [1.807, 2.05) is 12.1 Å². The van der Waals surface area contributed by atoms with Crippen molar-refractivity contribution >= 4 is 0 Å². The smallest absolute Gasteiger partial charge is 0.387 e. The van der Waals surface area contributed by atoms with Gasteiger partial charge in [0.1, 0.15) is 5.75 Å². The van der Waals surface area contributed by atoms with Gasteiger partial charge in [-0.25, -0.2) is 0 Å². The van der Waals surface area contributed by atoms with Crippen LogP contribution < -0.4 is 10.1 Å². The molecule has 19 heavy (non-hydrogen) atoms. The normalized spacial score (nSPS) is 18.3. The van der Waals surface area contributed by atoms with Crippen molar-refractivity contribution in [2.45, 2.75) is 12.7 Å². The van der Waals surface area contributed by atoms with Crippen LogP contribution in [-0.2, 0) is 0 Å². The lowest BCUT2D eigenvalue weighted by atomic mass is 10.0. The van der Waals surface area contributed by atoms with Crippen molar-refractivity contribution in [1.82, 2.24) is 10.2 Å². The Bertz CT molecular complexity index is 420. The van der Waals surface area contributed by atoms with Crippen LogP contribution in [0.1, 0.15) is 11.6 Å². The monoisotopic (exact) mass is 268 g/mol. The van der Waals surface area contributed by atoms with E-state index in [0.717, 1.165) is 31.7 Å². The number of benzene rings is 1. The Morgan fingerprint density at radius 1 is 1.26 bits per heavy atom. The maximum absolute atomic E-state index is 12.4. The fraction of sp³-hybridized carbons (Fsp3) is 0.429. The number of nitrogens with zero attached hydrogens (tertiary/aromatic N) is 1. The van der Waals surface area contributed by atoms with Gasteiger partial charge in [0.05, 0.1) is 6.04 Å². The van der Waals surface area contributed by atoms with Gasteiger partial charge in [-0.3, -0.25) is 4.90 Å². The molecule has 104 valence electrons. The molecule has 1 saturated heterocycles. The Kier molecular flexibility index (Phi) is 4.87. The van der Waals surface area contributed by atoms with E-state index >= 15 is 0 Å². The molecule has 1 N–H and O–H groups in total. The lowest BCUT2D eigenvalue weighted by Crippen LogP contribution is -2.44. The van der Waals surface area contributed by atoms with Gasteiger partial charge in [0.25, 0.3) is 0 Å². The highest BCUT2D eigenvalue weighted by Gasteiger charge is 2.23. The summed E-state index contributed by atoms with van der Waals surface area (Å²) in [5.74, 6) is 0.223. The first kappa shape index (κ1) is 14.0. The van der Waals surface area contributed by atoms with Gasteiger partial charge in [-0.15, -0.1) is 6.58 Å². The Morgan fingerprint density at radius 3 is 2.58 bits per heavy atom. The van der Waals surface area contributed by atoms with Crippen LogP contribution in [0.15, 0.2) is 36.9 Å². The van der Waals surface area contributed by atoms with Crippen molar-refractivity contribution < 1.29 is 13.5 Å². The van der Waals surface area contributed by atoms with Crippen molar-refractivity contribution in [1.29, 1.82) is 0 Å². The second-order valence-corrected chi connectivity index (χ2v) is 4.38. The van der Waals surface area contributed by atoms with E-state index in [-0.39, 0.29) is 11.8 Å². The van der Waals surface area contributed by atoms with Crippen LogP contribution in [0.2, 0.25) is 0 Å². The van der Waals surface area contributed by atoms with Crippen LogP contribution in [-0.4, -0.2) is 37.7 Å². The van der Waals surface area contributed by atoms with Gasteiger partial charge in [-0.05, 0) is 6.07 Å². The summed E-state index contributed by atoms with van der Waals surface area (Å²) in [6.07, 6.45) is 1.78. The molecule has 1 heterocycles. The Labute approximate surface area is 111 Å². The van der Waals surface area contributed by atoms with Crippen molar-refractivity contribution in [3.63, 3.8) is 0 Å². The third kappa shape index (κ3) is 3.52. The van der Waals surface area contributed by atoms with E-state index < -0.39 is 6.61 Å². The maximum atomic E-state index is 12.4. The number of hydrogen-bond acceptors (Lipinski definition) is 3. The number of ether oxygens (including phenoxy) is 1. The highest BCUT2D eigenvalue weighted by molar-refractivity contribution is 5.38. The van der Waals surface area contributed by atoms with Gasteiger partial charge in [0.2, 0.25) is 0 Å². The number of halogens is 2. The summed E-state index contributed by atoms with van der Waals surface area (Å²) in [5, 5.41) is 3.26. The van der Waals surface area contributed by atoms with Crippen LogP contribution in [0, 0.1) is 0 Å². The van der Waals surface area contributed by atoms with Gasteiger partial charge >= 0.3 is 6.61 Å². The van der Waals surface area contributed by atoms with Gasteiger partial charge in [0.15, 0.2) is 0 Å². The quantitative estimate of drug-likeness (QED) is 0.830. The molecule has 0 saturated carbocycles. The van der Waals surface area contributed by atoms with Gasteiger partial charge < -0.3 is 10.1 Å². The predicted octanol–water partition coefficient (Wildman–Crippen LogP) is 2.42. The number of rotatable bonds is 5. The first-order valence-electron chi connectivity index (χ1n) is 6.33. The van der Waals surface area contributed by atoms with Crippen LogP contribution in [0.25, 0.3) is 0 Å². The fourth-order valence-corrected chi connectivity index (χ4v) is 2.36. The summed E-state index contributed by atoms with van der Waals surface area (Å²) in [7, 11) is 0. The van der Waals surface area contributed by atoms with E-state index in [0.29, 0.717) is 0 Å². The molecule has 1 fully saturated rings. The topological polar surface area (TPSA) is 24.5 Å². The second kappa shape index (κ2) is 6.63. The summed E-state index contributed by atoms with van der Waals surface area (Å²) in [6.45, 7) is 4.52. The second-order valence-electron chi connectivity index (χ2n) is 4.38. The first-order chi connectivity index (χ1) is 9.22. The number of nitrogens with one attached hydrogen (secondary N) is 1. The molecule has 0 aromatic heterocycles. The molecule has 5 heteroatoms. The SMILES string of the molecule is C=C[C@H](c1ccccc1OC(F)F)N1CCNCC1. The largest absolute Gasteiger partial charge is 0.434 e. The van der Waals surface area contributed by atoms with Crippen LogP contribution in [0.4, 0.5) is 8.78 Å². The third-order valence-corrected chi connectivity index (χ3v) is 3.22. The first-order valence-corrected chi connectivity index (χ1v) is 6.33. The molecule has 0 aliphatic carbocycles. The number of para-hydroxylation sites is 1. The number of alkyl halides is 2. The summed E-state index contributed by atoms with van der Waals surface area (Å²) < 4.78 is 29.5. The molecule has 1 aliphatic heterocycles. The maximum Gasteiger partial charge on any atom is 0.387 e. The average Bonchev–Trinajstić information content (AvgIpc) is 2.42. The molecule has 0 spiro atoms. The molecule has 2 rings (SSSR count). The fourth-order valence-electron chi connectivity index (χ4n) is 2.36. The highest BCUT2D eigenvalue weighted by Crippen LogP contribution is 2.31. The number of piperazine rings is 1. The highest BCUT2D eigenvalue weighted by atomic mass is 19.3. The lowest BCUT2D eigenvalue weighted by Gasteiger charge is -2.34. The minimum atomic E-state index is -2.81. The van der Waals surface area contributed by atoms with Crippen molar-refractivity contribution in [3.8, 4) is 5.75 Å². The molecule has 0 unspecified atom stereocenters. The van der Waals surface area contributed by atoms with Crippen molar-refractivity contribution in [2.75, 3.05) is 26.2 Å². The molecular formula is C14H18F2N2O. The molecule has 1 aromatic rings. The van der Waals surface area contributed by atoms with Crippen LogP contribution in [0.3, 0.4) is 0 Å². The summed E-state index contributed by atoms with van der Waals surface area (Å²) in [6, 6.07) is 6.80. The van der Waals surface area contributed by atoms with Gasteiger partial charge in [-0.1, -0.05) is 24.3 Å². The molecule has 1 atom stereocenters. The lowest BCUT2D eigenvalue weighted by molar-refractivity contribution is -0.0510. The number of hydrogen-bond donors (Lipinski definition) is 1. The van der Waals surface area contributed by atoms with E-state index in [2.05, 4.69) is 21.5 Å². The molecule has 0 radical (unpaired) electrons. The van der Waals surface area contributed by atoms with E-state index in [1.54, 1.807) is 18.2 Å². The van der Waals surface area contributed by atoms with E-state index in [9.17, 15) is 8.78 Å². The standard InChI is InChI=1S/C14H18F2N2O/c1-2-12(18-9-7-17-8-10-18)11-5-3-4-6-13(11)19-14(15)16/h2-6,12,14,17H,1,7-10H2/t12-/m1/s1. The zero-order valence-corrected chi connectivity index (χ0v) is 10.7. The third-order valence-electron chi connectivity index (χ3n) is 3.22. The van der Waals surface area contributed by atoms with Crippen molar-refractivity contribution in [2.24, 2.45) is 0 Å². The minimum Gasteiger partial charge on any atom is -0.434 e.